The van der Waals surface area contributed by atoms with Gasteiger partial charge in [-0.3, -0.25) is 0 Å². The van der Waals surface area contributed by atoms with Gasteiger partial charge in [-0.05, 0) is 54.1 Å². The highest BCUT2D eigenvalue weighted by molar-refractivity contribution is 8.01. The fourth-order valence-electron chi connectivity index (χ4n) is 3.17. The topological polar surface area (TPSA) is 55.8 Å². The molecule has 0 amide bonds. The average Bonchev–Trinajstić information content (AvgIpc) is 3.26. The first-order valence-corrected chi connectivity index (χ1v) is 11.7. The van der Waals surface area contributed by atoms with Crippen molar-refractivity contribution in [1.29, 1.82) is 0 Å². The molecule has 1 unspecified atom stereocenters. The Balaban J connectivity index is 1.55. The third-order valence-corrected chi connectivity index (χ3v) is 7.93. The molecule has 5 nitrogen and oxygen atoms in total. The Morgan fingerprint density at radius 1 is 0.862 bits per heavy atom. The van der Waals surface area contributed by atoms with E-state index in [9.17, 15) is 8.42 Å². The van der Waals surface area contributed by atoms with Gasteiger partial charge in [-0.1, -0.05) is 30.3 Å². The van der Waals surface area contributed by atoms with Crippen LogP contribution in [0.1, 0.15) is 10.9 Å². The summed E-state index contributed by atoms with van der Waals surface area (Å²) in [5.41, 5.74) is 0.945. The molecule has 0 bridgehead atoms. The van der Waals surface area contributed by atoms with Crippen molar-refractivity contribution >= 4 is 21.8 Å². The molecule has 29 heavy (non-hydrogen) atoms. The summed E-state index contributed by atoms with van der Waals surface area (Å²) < 4.78 is 39.0. The molecule has 3 aromatic rings. The maximum Gasteiger partial charge on any atom is 0.244 e. The molecule has 0 aromatic heterocycles. The van der Waals surface area contributed by atoms with Gasteiger partial charge in [-0.2, -0.15) is 4.31 Å². The van der Waals surface area contributed by atoms with Crippen LogP contribution in [0.2, 0.25) is 0 Å². The molecule has 3 aromatic carbocycles. The highest BCUT2D eigenvalue weighted by atomic mass is 32.2. The van der Waals surface area contributed by atoms with Gasteiger partial charge in [0, 0.05) is 12.3 Å². The van der Waals surface area contributed by atoms with Crippen LogP contribution in [0.5, 0.6) is 17.2 Å². The summed E-state index contributed by atoms with van der Waals surface area (Å²) in [5.74, 6) is 2.81. The second-order valence-electron chi connectivity index (χ2n) is 6.50. The Morgan fingerprint density at radius 2 is 1.48 bits per heavy atom. The van der Waals surface area contributed by atoms with Crippen molar-refractivity contribution < 1.29 is 17.9 Å². The quantitative estimate of drug-likeness (QED) is 0.559. The molecule has 1 aliphatic heterocycles. The van der Waals surface area contributed by atoms with Gasteiger partial charge in [0.05, 0.1) is 17.4 Å². The van der Waals surface area contributed by atoms with Crippen LogP contribution in [0.4, 0.5) is 0 Å². The summed E-state index contributed by atoms with van der Waals surface area (Å²) in [6.45, 7) is 0.478. The minimum absolute atomic E-state index is 0.244. The van der Waals surface area contributed by atoms with Gasteiger partial charge >= 0.3 is 0 Å². The number of thioether (sulfide) groups is 1. The zero-order valence-corrected chi connectivity index (χ0v) is 17.5. The maximum atomic E-state index is 13.3. The lowest BCUT2D eigenvalue weighted by Gasteiger charge is -2.23. The van der Waals surface area contributed by atoms with E-state index in [4.69, 9.17) is 9.47 Å². The van der Waals surface area contributed by atoms with Gasteiger partial charge in [-0.15, -0.1) is 11.8 Å². The van der Waals surface area contributed by atoms with Crippen LogP contribution in [0, 0.1) is 0 Å². The predicted octanol–water partition coefficient (Wildman–Crippen LogP) is 4.92. The first-order valence-electron chi connectivity index (χ1n) is 9.18. The van der Waals surface area contributed by atoms with Crippen LogP contribution in [-0.4, -0.2) is 32.1 Å². The van der Waals surface area contributed by atoms with Crippen LogP contribution in [0.15, 0.2) is 83.8 Å². The van der Waals surface area contributed by atoms with E-state index < -0.39 is 10.0 Å². The average molecular weight is 428 g/mol. The van der Waals surface area contributed by atoms with E-state index in [2.05, 4.69) is 0 Å². The smallest absolute Gasteiger partial charge is 0.244 e. The van der Waals surface area contributed by atoms with Crippen LogP contribution in [-0.2, 0) is 10.0 Å². The van der Waals surface area contributed by atoms with Crippen molar-refractivity contribution in [3.05, 3.63) is 84.4 Å². The summed E-state index contributed by atoms with van der Waals surface area (Å²) in [4.78, 5) is 0.263. The fourth-order valence-corrected chi connectivity index (χ4v) is 6.41. The third-order valence-electron chi connectivity index (χ3n) is 4.66. The zero-order chi connectivity index (χ0) is 20.3. The van der Waals surface area contributed by atoms with E-state index in [-0.39, 0.29) is 10.3 Å². The number of rotatable bonds is 6. The number of nitrogens with zero attached hydrogens (tertiary/aromatic N) is 1. The number of benzene rings is 3. The van der Waals surface area contributed by atoms with Gasteiger partial charge in [-0.25, -0.2) is 8.42 Å². The van der Waals surface area contributed by atoms with Gasteiger partial charge in [0.15, 0.2) is 0 Å². The first kappa shape index (κ1) is 19.8. The Kier molecular flexibility index (Phi) is 5.80. The maximum absolute atomic E-state index is 13.3. The van der Waals surface area contributed by atoms with E-state index in [1.54, 1.807) is 47.4 Å². The molecule has 1 atom stereocenters. The summed E-state index contributed by atoms with van der Waals surface area (Å²) in [5, 5.41) is -0.244. The largest absolute Gasteiger partial charge is 0.497 e. The second kappa shape index (κ2) is 8.49. The molecule has 7 heteroatoms. The van der Waals surface area contributed by atoms with Gasteiger partial charge in [0.1, 0.15) is 17.2 Å². The molecule has 4 rings (SSSR count). The Morgan fingerprint density at radius 3 is 2.14 bits per heavy atom. The van der Waals surface area contributed by atoms with Crippen molar-refractivity contribution in [2.24, 2.45) is 0 Å². The fraction of sp³-hybridized carbons (Fsp3) is 0.182. The van der Waals surface area contributed by atoms with Crippen LogP contribution in [0.3, 0.4) is 0 Å². The summed E-state index contributed by atoms with van der Waals surface area (Å²) in [7, 11) is -2.00. The monoisotopic (exact) mass is 427 g/mol. The molecule has 1 heterocycles. The van der Waals surface area contributed by atoms with Crippen molar-refractivity contribution in [2.75, 3.05) is 19.4 Å². The molecule has 1 fully saturated rings. The van der Waals surface area contributed by atoms with Crippen molar-refractivity contribution in [1.82, 2.24) is 4.31 Å². The molecule has 150 valence electrons. The van der Waals surface area contributed by atoms with Gasteiger partial charge in [0.2, 0.25) is 10.0 Å². The number of para-hydroxylation sites is 1. The van der Waals surface area contributed by atoms with Gasteiger partial charge in [0.25, 0.3) is 0 Å². The van der Waals surface area contributed by atoms with Crippen LogP contribution in [0.25, 0.3) is 0 Å². The number of methoxy groups -OCH3 is 1. The normalized spacial score (nSPS) is 17.2. The molecule has 1 aliphatic rings. The lowest BCUT2D eigenvalue weighted by Crippen LogP contribution is -2.30. The van der Waals surface area contributed by atoms with Crippen molar-refractivity contribution in [2.45, 2.75) is 10.3 Å². The molecule has 0 spiro atoms. The lowest BCUT2D eigenvalue weighted by molar-refractivity contribution is 0.413. The second-order valence-corrected chi connectivity index (χ2v) is 9.58. The predicted molar refractivity (Wildman–Crippen MR) is 115 cm³/mol. The summed E-state index contributed by atoms with van der Waals surface area (Å²) >= 11 is 1.62. The third kappa shape index (κ3) is 4.27. The SMILES string of the molecule is COc1ccc(C2SCCN2S(=O)(=O)c2ccc(Oc3ccccc3)cc2)cc1. The number of hydrogen-bond acceptors (Lipinski definition) is 5. The zero-order valence-electron chi connectivity index (χ0n) is 15.9. The molecule has 0 aliphatic carbocycles. The van der Waals surface area contributed by atoms with Gasteiger partial charge < -0.3 is 9.47 Å². The Labute approximate surface area is 175 Å². The van der Waals surface area contributed by atoms with E-state index in [1.807, 2.05) is 54.6 Å². The van der Waals surface area contributed by atoms with E-state index >= 15 is 0 Å². The standard InChI is InChI=1S/C22H21NO4S2/c1-26-18-9-7-17(8-10-18)22-23(15-16-28-22)29(24,25)21-13-11-20(12-14-21)27-19-5-3-2-4-6-19/h2-14,22H,15-16H2,1H3. The molecule has 0 radical (unpaired) electrons. The summed E-state index contributed by atoms with van der Waals surface area (Å²) in [6.07, 6.45) is 0. The first-order chi connectivity index (χ1) is 14.1. The molecule has 1 saturated heterocycles. The Hall–Kier alpha value is -2.48. The van der Waals surface area contributed by atoms with Crippen molar-refractivity contribution in [3.63, 3.8) is 0 Å². The van der Waals surface area contributed by atoms with E-state index in [1.165, 1.54) is 0 Å². The van der Waals surface area contributed by atoms with E-state index in [0.717, 1.165) is 17.1 Å². The number of sulfonamides is 1. The van der Waals surface area contributed by atoms with Crippen molar-refractivity contribution in [3.8, 4) is 17.2 Å². The van der Waals surface area contributed by atoms with Crippen LogP contribution >= 0.6 is 11.8 Å². The number of ether oxygens (including phenoxy) is 2. The lowest BCUT2D eigenvalue weighted by atomic mass is 10.2. The molecular weight excluding hydrogens is 406 g/mol. The molecule has 0 saturated carbocycles. The molecule has 0 N–H and O–H groups in total. The van der Waals surface area contributed by atoms with Crippen LogP contribution < -0.4 is 9.47 Å². The summed E-state index contributed by atoms with van der Waals surface area (Å²) in [6, 6.07) is 23.5. The highest BCUT2D eigenvalue weighted by Gasteiger charge is 2.36. The number of hydrogen-bond donors (Lipinski definition) is 0. The van der Waals surface area contributed by atoms with E-state index in [0.29, 0.717) is 18.0 Å². The molecular formula is C22H21NO4S2. The Bertz CT molecular complexity index is 1050. The minimum Gasteiger partial charge on any atom is -0.497 e. The highest BCUT2D eigenvalue weighted by Crippen LogP contribution is 2.42. The minimum atomic E-state index is -3.62.